The molecule has 0 radical (unpaired) electrons. The van der Waals surface area contributed by atoms with Crippen LogP contribution >= 0.6 is 0 Å². The van der Waals surface area contributed by atoms with Gasteiger partial charge in [0.2, 0.25) is 0 Å². The van der Waals surface area contributed by atoms with Crippen LogP contribution in [0.5, 0.6) is 0 Å². The smallest absolute Gasteiger partial charge is 0.143 e. The molecule has 2 atom stereocenters. The number of aromatic nitrogens is 3. The fourth-order valence-corrected chi connectivity index (χ4v) is 3.82. The summed E-state index contributed by atoms with van der Waals surface area (Å²) in [7, 11) is 0. The number of nitrogens with zero attached hydrogens (tertiary/aromatic N) is 4. The van der Waals surface area contributed by atoms with Crippen molar-refractivity contribution in [3.63, 3.8) is 0 Å². The van der Waals surface area contributed by atoms with Crippen LogP contribution in [0.3, 0.4) is 0 Å². The molecular weight excluding hydrogens is 394 g/mol. The Morgan fingerprint density at radius 3 is 2.68 bits per heavy atom. The molecule has 0 saturated carbocycles. The van der Waals surface area contributed by atoms with Crippen LogP contribution in [0.15, 0.2) is 18.3 Å². The third-order valence-corrected chi connectivity index (χ3v) is 5.85. The summed E-state index contributed by atoms with van der Waals surface area (Å²) in [5.74, 6) is 2.04. The van der Waals surface area contributed by atoms with E-state index in [4.69, 9.17) is 19.9 Å². The molecule has 3 N–H and O–H groups in total. The zero-order chi connectivity index (χ0) is 22.4. The molecule has 4 heterocycles. The highest BCUT2D eigenvalue weighted by Crippen LogP contribution is 2.41. The predicted molar refractivity (Wildman–Crippen MR) is 120 cm³/mol. The molecule has 0 aromatic carbocycles. The molecular formula is C22H31N7O2. The molecule has 0 aliphatic carbocycles. The molecule has 9 heteroatoms. The lowest BCUT2D eigenvalue weighted by Gasteiger charge is -2.40. The van der Waals surface area contributed by atoms with E-state index in [9.17, 15) is 5.26 Å². The van der Waals surface area contributed by atoms with Crippen molar-refractivity contribution < 1.29 is 9.47 Å². The number of hydrogen-bond acceptors (Lipinski definition) is 8. The number of nitriles is 1. The van der Waals surface area contributed by atoms with Gasteiger partial charge in [0.05, 0.1) is 50.2 Å². The van der Waals surface area contributed by atoms with Crippen molar-refractivity contribution in [3.05, 3.63) is 29.5 Å². The van der Waals surface area contributed by atoms with Gasteiger partial charge in [0, 0.05) is 30.3 Å². The summed E-state index contributed by atoms with van der Waals surface area (Å²) < 4.78 is 11.0. The average Bonchev–Trinajstić information content (AvgIpc) is 3.26. The van der Waals surface area contributed by atoms with E-state index in [1.165, 1.54) is 6.21 Å². The van der Waals surface area contributed by atoms with Gasteiger partial charge in [-0.3, -0.25) is 5.10 Å². The first-order chi connectivity index (χ1) is 15.1. The summed E-state index contributed by atoms with van der Waals surface area (Å²) in [6.07, 6.45) is 2.91. The second-order valence-corrected chi connectivity index (χ2v) is 7.70. The van der Waals surface area contributed by atoms with E-state index in [2.05, 4.69) is 33.4 Å². The van der Waals surface area contributed by atoms with E-state index in [1.54, 1.807) is 12.3 Å². The zero-order valence-corrected chi connectivity index (χ0v) is 18.6. The minimum absolute atomic E-state index is 0.0727. The maximum Gasteiger partial charge on any atom is 0.143 e. The largest absolute Gasteiger partial charge is 0.381 e. The van der Waals surface area contributed by atoms with Crippen LogP contribution in [0, 0.1) is 22.7 Å². The molecule has 31 heavy (non-hydrogen) atoms. The Labute approximate surface area is 183 Å². The number of H-pyrrole nitrogens is 1. The zero-order valence-electron chi connectivity index (χ0n) is 18.6. The molecule has 2 aliphatic heterocycles. The summed E-state index contributed by atoms with van der Waals surface area (Å²) in [6, 6.07) is 6.41. The molecule has 0 amide bonds. The van der Waals surface area contributed by atoms with Gasteiger partial charge < -0.3 is 25.1 Å². The highest BCUT2D eigenvalue weighted by Gasteiger charge is 2.43. The number of aromatic amines is 1. The van der Waals surface area contributed by atoms with Crippen LogP contribution in [-0.4, -0.2) is 60.4 Å². The Morgan fingerprint density at radius 2 is 2.13 bits per heavy atom. The molecule has 2 unspecified atom stereocenters. The molecule has 0 spiro atoms. The van der Waals surface area contributed by atoms with E-state index in [0.717, 1.165) is 17.9 Å². The fourth-order valence-electron chi connectivity index (χ4n) is 3.82. The van der Waals surface area contributed by atoms with E-state index in [0.29, 0.717) is 43.6 Å². The average molecular weight is 426 g/mol. The number of morpholine rings is 1. The Kier molecular flexibility index (Phi) is 7.25. The van der Waals surface area contributed by atoms with Crippen molar-refractivity contribution >= 4 is 23.7 Å². The molecule has 166 valence electrons. The summed E-state index contributed by atoms with van der Waals surface area (Å²) in [6.45, 7) is 11.1. The Morgan fingerprint density at radius 1 is 1.35 bits per heavy atom. The van der Waals surface area contributed by atoms with Crippen molar-refractivity contribution in [1.29, 1.82) is 10.7 Å². The molecule has 0 bridgehead atoms. The second kappa shape index (κ2) is 9.90. The van der Waals surface area contributed by atoms with E-state index >= 15 is 0 Å². The monoisotopic (exact) mass is 425 g/mol. The van der Waals surface area contributed by atoms with Crippen molar-refractivity contribution in [2.45, 2.75) is 39.2 Å². The lowest BCUT2D eigenvalue weighted by molar-refractivity contribution is -0.0563. The Bertz CT molecular complexity index is 921. The van der Waals surface area contributed by atoms with Gasteiger partial charge in [-0.25, -0.2) is 4.98 Å². The van der Waals surface area contributed by atoms with Crippen LogP contribution in [-0.2, 0) is 14.9 Å². The summed E-state index contributed by atoms with van der Waals surface area (Å²) in [5, 5.41) is 28.3. The van der Waals surface area contributed by atoms with Crippen LogP contribution in [0.1, 0.15) is 38.8 Å². The molecule has 2 aliphatic rings. The Hall–Kier alpha value is -2.96. The van der Waals surface area contributed by atoms with Gasteiger partial charge in [-0.1, -0.05) is 13.8 Å². The summed E-state index contributed by atoms with van der Waals surface area (Å²) in [5.41, 5.74) is 0.595. The topological polar surface area (TPSA) is 123 Å². The maximum absolute atomic E-state index is 10.1. The van der Waals surface area contributed by atoms with Gasteiger partial charge in [0.15, 0.2) is 0 Å². The standard InChI is InChI=1S/C20H25N7O2.C2H6/c1-13-9-28-6-5-27(13)18-7-16(20(2,12-22)14-10-29-11-14)15(8-21)19(25-18)24-17-3-4-23-26-17;1-2/h3-4,7-8,13-14,21H,5-6,9-11H2,1-2H3,(H2,23,24,25,26);1-2H3. The SMILES string of the molecule is CC.CC1COCCN1c1cc(C(C)(C#N)C2COC2)c(C=N)c(Nc2ccn[nH]2)n1. The molecule has 2 saturated heterocycles. The second-order valence-electron chi connectivity index (χ2n) is 7.70. The van der Waals surface area contributed by atoms with Gasteiger partial charge >= 0.3 is 0 Å². The highest BCUT2D eigenvalue weighted by molar-refractivity contribution is 5.89. The number of pyridine rings is 1. The van der Waals surface area contributed by atoms with Gasteiger partial charge in [-0.15, -0.1) is 0 Å². The van der Waals surface area contributed by atoms with Crippen LogP contribution < -0.4 is 10.2 Å². The van der Waals surface area contributed by atoms with Gasteiger partial charge in [-0.05, 0) is 25.5 Å². The maximum atomic E-state index is 10.1. The highest BCUT2D eigenvalue weighted by atomic mass is 16.5. The van der Waals surface area contributed by atoms with Crippen molar-refractivity contribution in [1.82, 2.24) is 15.2 Å². The van der Waals surface area contributed by atoms with E-state index < -0.39 is 5.41 Å². The molecule has 2 aromatic rings. The molecule has 2 fully saturated rings. The third kappa shape index (κ3) is 4.40. The first kappa shape index (κ1) is 22.7. The lowest BCUT2D eigenvalue weighted by atomic mass is 9.70. The first-order valence-corrected chi connectivity index (χ1v) is 10.7. The van der Waals surface area contributed by atoms with Crippen LogP contribution in [0.4, 0.5) is 17.5 Å². The third-order valence-electron chi connectivity index (χ3n) is 5.85. The van der Waals surface area contributed by atoms with E-state index in [-0.39, 0.29) is 12.0 Å². The number of rotatable bonds is 6. The van der Waals surface area contributed by atoms with Crippen molar-refractivity contribution in [2.75, 3.05) is 43.2 Å². The number of nitrogens with one attached hydrogen (secondary N) is 3. The molecule has 2 aromatic heterocycles. The predicted octanol–water partition coefficient (Wildman–Crippen LogP) is 3.22. The quantitative estimate of drug-likeness (QED) is 0.607. The van der Waals surface area contributed by atoms with Crippen LogP contribution in [0.25, 0.3) is 0 Å². The first-order valence-electron chi connectivity index (χ1n) is 10.7. The minimum atomic E-state index is -0.789. The summed E-state index contributed by atoms with van der Waals surface area (Å²) >= 11 is 0. The number of hydrogen-bond donors (Lipinski definition) is 3. The van der Waals surface area contributed by atoms with Gasteiger partial charge in [-0.2, -0.15) is 10.4 Å². The van der Waals surface area contributed by atoms with Crippen molar-refractivity contribution in [3.8, 4) is 6.07 Å². The van der Waals surface area contributed by atoms with Crippen molar-refractivity contribution in [2.24, 2.45) is 5.92 Å². The lowest BCUT2D eigenvalue weighted by Crippen LogP contribution is -2.46. The number of anilines is 3. The fraction of sp³-hybridized carbons (Fsp3) is 0.545. The summed E-state index contributed by atoms with van der Waals surface area (Å²) in [4.78, 5) is 7.01. The number of ether oxygens (including phenoxy) is 2. The van der Waals surface area contributed by atoms with Gasteiger partial charge in [0.1, 0.15) is 17.5 Å². The molecule has 9 nitrogen and oxygen atoms in total. The minimum Gasteiger partial charge on any atom is -0.381 e. The van der Waals surface area contributed by atoms with Gasteiger partial charge in [0.25, 0.3) is 0 Å². The Balaban J connectivity index is 0.00000132. The molecule has 4 rings (SSSR count). The van der Waals surface area contributed by atoms with E-state index in [1.807, 2.05) is 26.8 Å². The normalized spacial score (nSPS) is 20.5. The van der Waals surface area contributed by atoms with Crippen LogP contribution in [0.2, 0.25) is 0 Å².